The highest BCUT2D eigenvalue weighted by atomic mass is 127. The van der Waals surface area contributed by atoms with Gasteiger partial charge in [-0.25, -0.2) is 4.99 Å². The van der Waals surface area contributed by atoms with Crippen LogP contribution in [0.25, 0.3) is 0 Å². The van der Waals surface area contributed by atoms with Crippen LogP contribution in [-0.4, -0.2) is 51.1 Å². The minimum absolute atomic E-state index is 0. The first-order chi connectivity index (χ1) is 11.0. The lowest BCUT2D eigenvalue weighted by Crippen LogP contribution is -2.39. The lowest BCUT2D eigenvalue weighted by atomic mass is 10.1. The normalized spacial score (nSPS) is 10.6. The molecular formula is C17H29IN4O2. The van der Waals surface area contributed by atoms with Gasteiger partial charge in [-0.2, -0.15) is 0 Å². The zero-order valence-corrected chi connectivity index (χ0v) is 17.5. The molecule has 0 radical (unpaired) electrons. The summed E-state index contributed by atoms with van der Waals surface area (Å²) in [4.78, 5) is 17.7. The SMILES string of the molecule is CCNC(=NCc1ccc(C)cc1OC)NCCC(=O)N(C)C.I. The maximum atomic E-state index is 11.6. The van der Waals surface area contributed by atoms with Crippen LogP contribution in [0.4, 0.5) is 0 Å². The molecule has 0 fully saturated rings. The highest BCUT2D eigenvalue weighted by Crippen LogP contribution is 2.20. The van der Waals surface area contributed by atoms with E-state index in [9.17, 15) is 4.79 Å². The Bertz CT molecular complexity index is 547. The Kier molecular flexibility index (Phi) is 11.2. The number of aliphatic imine (C=N–C) groups is 1. The maximum absolute atomic E-state index is 11.6. The number of ether oxygens (including phenoxy) is 1. The predicted octanol–water partition coefficient (Wildman–Crippen LogP) is 2.16. The van der Waals surface area contributed by atoms with Gasteiger partial charge >= 0.3 is 0 Å². The smallest absolute Gasteiger partial charge is 0.223 e. The second-order valence-electron chi connectivity index (χ2n) is 5.48. The quantitative estimate of drug-likeness (QED) is 0.381. The number of rotatable bonds is 7. The van der Waals surface area contributed by atoms with Gasteiger partial charge < -0.3 is 20.3 Å². The van der Waals surface area contributed by atoms with Gasteiger partial charge in [-0.15, -0.1) is 24.0 Å². The number of benzene rings is 1. The fourth-order valence-corrected chi connectivity index (χ4v) is 2.00. The number of guanidine groups is 1. The van der Waals surface area contributed by atoms with E-state index in [1.807, 2.05) is 32.0 Å². The number of nitrogens with one attached hydrogen (secondary N) is 2. The molecule has 0 atom stereocenters. The molecule has 136 valence electrons. The van der Waals surface area contributed by atoms with Crippen LogP contribution < -0.4 is 15.4 Å². The molecule has 6 nitrogen and oxygen atoms in total. The van der Waals surface area contributed by atoms with Gasteiger partial charge in [0, 0.05) is 39.2 Å². The van der Waals surface area contributed by atoms with E-state index in [0.717, 1.165) is 23.4 Å². The summed E-state index contributed by atoms with van der Waals surface area (Å²) in [6.45, 7) is 5.87. The summed E-state index contributed by atoms with van der Waals surface area (Å²) in [5.41, 5.74) is 2.18. The Morgan fingerprint density at radius 1 is 1.29 bits per heavy atom. The van der Waals surface area contributed by atoms with Gasteiger partial charge in [-0.3, -0.25) is 4.79 Å². The van der Waals surface area contributed by atoms with Crippen molar-refractivity contribution in [1.82, 2.24) is 15.5 Å². The first kappa shape index (κ1) is 22.5. The average molecular weight is 448 g/mol. The third-order valence-electron chi connectivity index (χ3n) is 3.32. The number of carbonyl (C=O) groups is 1. The molecule has 1 aromatic rings. The Balaban J connectivity index is 0.00000529. The second kappa shape index (κ2) is 11.9. The van der Waals surface area contributed by atoms with Crippen LogP contribution in [0.1, 0.15) is 24.5 Å². The van der Waals surface area contributed by atoms with E-state index >= 15 is 0 Å². The monoisotopic (exact) mass is 448 g/mol. The summed E-state index contributed by atoms with van der Waals surface area (Å²) in [6.07, 6.45) is 0.436. The number of hydrogen-bond acceptors (Lipinski definition) is 3. The number of nitrogens with zero attached hydrogens (tertiary/aromatic N) is 2. The number of aryl methyl sites for hydroxylation is 1. The van der Waals surface area contributed by atoms with E-state index in [0.29, 0.717) is 25.5 Å². The summed E-state index contributed by atoms with van der Waals surface area (Å²) in [5, 5.41) is 6.35. The standard InChI is InChI=1S/C17H28N4O2.HI/c1-6-18-17(19-10-9-16(22)21(3)4)20-12-14-8-7-13(2)11-15(14)23-5;/h7-8,11H,6,9-10,12H2,1-5H3,(H2,18,19,20);1H. The molecule has 0 saturated heterocycles. The molecule has 0 spiro atoms. The van der Waals surface area contributed by atoms with Crippen LogP contribution in [0.2, 0.25) is 0 Å². The van der Waals surface area contributed by atoms with Gasteiger partial charge in [0.2, 0.25) is 5.91 Å². The van der Waals surface area contributed by atoms with E-state index in [4.69, 9.17) is 4.74 Å². The van der Waals surface area contributed by atoms with Crippen LogP contribution in [0.3, 0.4) is 0 Å². The zero-order valence-electron chi connectivity index (χ0n) is 15.2. The maximum Gasteiger partial charge on any atom is 0.223 e. The molecule has 24 heavy (non-hydrogen) atoms. The molecule has 0 aliphatic carbocycles. The highest BCUT2D eigenvalue weighted by Gasteiger charge is 2.06. The topological polar surface area (TPSA) is 66.0 Å². The fraction of sp³-hybridized carbons (Fsp3) is 0.529. The van der Waals surface area contributed by atoms with Crippen molar-refractivity contribution in [3.05, 3.63) is 29.3 Å². The lowest BCUT2D eigenvalue weighted by molar-refractivity contribution is -0.128. The largest absolute Gasteiger partial charge is 0.496 e. The van der Waals surface area contributed by atoms with Crippen LogP contribution in [0.15, 0.2) is 23.2 Å². The minimum Gasteiger partial charge on any atom is -0.496 e. The zero-order chi connectivity index (χ0) is 17.2. The third kappa shape index (κ3) is 7.85. The molecule has 0 bridgehead atoms. The van der Waals surface area contributed by atoms with E-state index in [1.54, 1.807) is 26.1 Å². The van der Waals surface area contributed by atoms with Gasteiger partial charge in [0.1, 0.15) is 5.75 Å². The molecule has 0 aromatic heterocycles. The number of methoxy groups -OCH3 is 1. The Hall–Kier alpha value is -1.51. The highest BCUT2D eigenvalue weighted by molar-refractivity contribution is 14.0. The predicted molar refractivity (Wildman–Crippen MR) is 109 cm³/mol. The lowest BCUT2D eigenvalue weighted by Gasteiger charge is -2.14. The van der Waals surface area contributed by atoms with Crippen molar-refractivity contribution < 1.29 is 9.53 Å². The van der Waals surface area contributed by atoms with Gasteiger partial charge in [0.05, 0.1) is 13.7 Å². The van der Waals surface area contributed by atoms with E-state index in [1.165, 1.54) is 0 Å². The molecule has 0 heterocycles. The second-order valence-corrected chi connectivity index (χ2v) is 5.48. The van der Waals surface area contributed by atoms with Gasteiger partial charge in [-0.05, 0) is 25.5 Å². The number of halogens is 1. The van der Waals surface area contributed by atoms with E-state index < -0.39 is 0 Å². The van der Waals surface area contributed by atoms with Crippen molar-refractivity contribution in [1.29, 1.82) is 0 Å². The minimum atomic E-state index is 0. The van der Waals surface area contributed by atoms with Gasteiger partial charge in [0.15, 0.2) is 5.96 Å². The van der Waals surface area contributed by atoms with Gasteiger partial charge in [0.25, 0.3) is 0 Å². The number of carbonyl (C=O) groups excluding carboxylic acids is 1. The van der Waals surface area contributed by atoms with E-state index in [2.05, 4.69) is 15.6 Å². The van der Waals surface area contributed by atoms with Crippen molar-refractivity contribution in [3.63, 3.8) is 0 Å². The van der Waals surface area contributed by atoms with Gasteiger partial charge in [-0.1, -0.05) is 12.1 Å². The van der Waals surface area contributed by atoms with E-state index in [-0.39, 0.29) is 29.9 Å². The van der Waals surface area contributed by atoms with Crippen LogP contribution in [0.5, 0.6) is 5.75 Å². The molecule has 2 N–H and O–H groups in total. The molecule has 0 unspecified atom stereocenters. The van der Waals surface area contributed by atoms with Crippen LogP contribution >= 0.6 is 24.0 Å². The molecule has 1 aromatic carbocycles. The first-order valence-electron chi connectivity index (χ1n) is 7.83. The number of hydrogen-bond donors (Lipinski definition) is 2. The molecular weight excluding hydrogens is 419 g/mol. The summed E-state index contributed by atoms with van der Waals surface area (Å²) in [7, 11) is 5.18. The Morgan fingerprint density at radius 2 is 2.00 bits per heavy atom. The van der Waals surface area contributed by atoms with Crippen LogP contribution in [-0.2, 0) is 11.3 Å². The fourth-order valence-electron chi connectivity index (χ4n) is 2.00. The first-order valence-corrected chi connectivity index (χ1v) is 7.83. The van der Waals surface area contributed by atoms with Crippen molar-refractivity contribution in [3.8, 4) is 5.75 Å². The molecule has 0 saturated carbocycles. The Morgan fingerprint density at radius 3 is 2.58 bits per heavy atom. The summed E-state index contributed by atoms with van der Waals surface area (Å²) in [6, 6.07) is 6.07. The molecule has 0 aliphatic heterocycles. The van der Waals surface area contributed by atoms with Crippen molar-refractivity contribution in [2.24, 2.45) is 4.99 Å². The summed E-state index contributed by atoms with van der Waals surface area (Å²) < 4.78 is 5.40. The summed E-state index contributed by atoms with van der Waals surface area (Å²) >= 11 is 0. The molecule has 7 heteroatoms. The molecule has 0 aliphatic rings. The van der Waals surface area contributed by atoms with Crippen molar-refractivity contribution in [2.75, 3.05) is 34.3 Å². The molecule has 1 rings (SSSR count). The van der Waals surface area contributed by atoms with Crippen molar-refractivity contribution >= 4 is 35.8 Å². The van der Waals surface area contributed by atoms with Crippen molar-refractivity contribution in [2.45, 2.75) is 26.8 Å². The Labute approximate surface area is 162 Å². The van der Waals surface area contributed by atoms with Crippen LogP contribution in [0, 0.1) is 6.92 Å². The molecule has 1 amide bonds. The third-order valence-corrected chi connectivity index (χ3v) is 3.32. The number of amides is 1. The average Bonchev–Trinajstić information content (AvgIpc) is 2.52. The summed E-state index contributed by atoms with van der Waals surface area (Å²) in [5.74, 6) is 1.63.